The van der Waals surface area contributed by atoms with Gasteiger partial charge < -0.3 is 4.90 Å². The summed E-state index contributed by atoms with van der Waals surface area (Å²) in [5.41, 5.74) is -0.279. The number of amides is 1. The Morgan fingerprint density at radius 2 is 2.00 bits per heavy atom. The van der Waals surface area contributed by atoms with E-state index in [0.29, 0.717) is 6.54 Å². The lowest BCUT2D eigenvalue weighted by Crippen LogP contribution is -2.39. The van der Waals surface area contributed by atoms with Crippen molar-refractivity contribution in [3.05, 3.63) is 12.7 Å². The Morgan fingerprint density at radius 1 is 1.50 bits per heavy atom. The van der Waals surface area contributed by atoms with Crippen molar-refractivity contribution < 1.29 is 4.79 Å². The van der Waals surface area contributed by atoms with E-state index in [1.165, 1.54) is 0 Å². The van der Waals surface area contributed by atoms with Gasteiger partial charge in [0.05, 0.1) is 0 Å². The molecule has 0 spiro atoms. The number of carbonyl (C=O) groups is 1. The van der Waals surface area contributed by atoms with E-state index in [1.807, 2.05) is 27.7 Å². The topological polar surface area (TPSA) is 20.3 Å². The number of rotatable bonds is 3. The van der Waals surface area contributed by atoms with E-state index in [4.69, 9.17) is 0 Å². The molecule has 0 aromatic heterocycles. The second kappa shape index (κ2) is 4.29. The normalized spacial score (nSPS) is 11.0. The highest BCUT2D eigenvalue weighted by molar-refractivity contribution is 5.81. The molecule has 70 valence electrons. The third-order valence-corrected chi connectivity index (χ3v) is 1.66. The molecular formula is C10H19NO. The molecule has 0 unspecified atom stereocenters. The molecule has 0 fully saturated rings. The Kier molecular flexibility index (Phi) is 4.01. The Morgan fingerprint density at radius 3 is 2.25 bits per heavy atom. The lowest BCUT2D eigenvalue weighted by Gasteiger charge is -2.27. The second-order valence-electron chi connectivity index (χ2n) is 3.88. The van der Waals surface area contributed by atoms with Gasteiger partial charge in [0.25, 0.3) is 0 Å². The molecule has 0 aromatic rings. The summed E-state index contributed by atoms with van der Waals surface area (Å²) in [7, 11) is 0. The van der Waals surface area contributed by atoms with Crippen molar-refractivity contribution in [3.63, 3.8) is 0 Å². The maximum absolute atomic E-state index is 11.7. The van der Waals surface area contributed by atoms with E-state index < -0.39 is 0 Å². The predicted molar refractivity (Wildman–Crippen MR) is 51.9 cm³/mol. The van der Waals surface area contributed by atoms with Gasteiger partial charge in [-0.25, -0.2) is 0 Å². The summed E-state index contributed by atoms with van der Waals surface area (Å²) in [6.07, 6.45) is 1.76. The third-order valence-electron chi connectivity index (χ3n) is 1.66. The smallest absolute Gasteiger partial charge is 0.228 e. The lowest BCUT2D eigenvalue weighted by molar-refractivity contribution is -0.138. The predicted octanol–water partition coefficient (Wildman–Crippen LogP) is 2.07. The van der Waals surface area contributed by atoms with Crippen LogP contribution in [0.3, 0.4) is 0 Å². The standard InChI is InChI=1S/C10H19NO/c1-6-8-11(7-2)9(12)10(3,4)5/h6H,1,7-8H2,2-5H3. The molecule has 1 amide bonds. The van der Waals surface area contributed by atoms with Crippen molar-refractivity contribution >= 4 is 5.91 Å². The van der Waals surface area contributed by atoms with Crippen molar-refractivity contribution in [2.24, 2.45) is 5.41 Å². The van der Waals surface area contributed by atoms with Crippen LogP contribution in [0.4, 0.5) is 0 Å². The minimum Gasteiger partial charge on any atom is -0.339 e. The Balaban J connectivity index is 4.31. The van der Waals surface area contributed by atoms with Crippen LogP contribution in [-0.2, 0) is 4.79 Å². The molecule has 2 heteroatoms. The Labute approximate surface area is 75.3 Å². The van der Waals surface area contributed by atoms with Crippen LogP contribution in [0.25, 0.3) is 0 Å². The van der Waals surface area contributed by atoms with Crippen LogP contribution >= 0.6 is 0 Å². The molecule has 0 radical (unpaired) electrons. The van der Waals surface area contributed by atoms with E-state index >= 15 is 0 Å². The molecule has 0 saturated heterocycles. The molecule has 0 bridgehead atoms. The van der Waals surface area contributed by atoms with Crippen LogP contribution < -0.4 is 0 Å². The molecular weight excluding hydrogens is 150 g/mol. The van der Waals surface area contributed by atoms with Gasteiger partial charge >= 0.3 is 0 Å². The van der Waals surface area contributed by atoms with Crippen LogP contribution in [-0.4, -0.2) is 23.9 Å². The molecule has 0 atom stereocenters. The summed E-state index contributed by atoms with van der Waals surface area (Å²) in [6, 6.07) is 0. The van der Waals surface area contributed by atoms with Crippen molar-refractivity contribution in [2.75, 3.05) is 13.1 Å². The van der Waals surface area contributed by atoms with Gasteiger partial charge in [0, 0.05) is 18.5 Å². The van der Waals surface area contributed by atoms with Crippen LogP contribution in [0.2, 0.25) is 0 Å². The van der Waals surface area contributed by atoms with E-state index in [-0.39, 0.29) is 11.3 Å². The van der Waals surface area contributed by atoms with Crippen molar-refractivity contribution in [3.8, 4) is 0 Å². The maximum Gasteiger partial charge on any atom is 0.228 e. The SMILES string of the molecule is C=CCN(CC)C(=O)C(C)(C)C. The molecule has 0 heterocycles. The largest absolute Gasteiger partial charge is 0.339 e. The Hall–Kier alpha value is -0.790. The zero-order valence-corrected chi connectivity index (χ0v) is 8.55. The minimum absolute atomic E-state index is 0.185. The van der Waals surface area contributed by atoms with Crippen LogP contribution in [0, 0.1) is 5.41 Å². The van der Waals surface area contributed by atoms with Gasteiger partial charge in [-0.2, -0.15) is 0 Å². The average Bonchev–Trinajstić information content (AvgIpc) is 1.97. The first kappa shape index (κ1) is 11.2. The first-order valence-electron chi connectivity index (χ1n) is 4.33. The van der Waals surface area contributed by atoms with E-state index in [0.717, 1.165) is 6.54 Å². The maximum atomic E-state index is 11.7. The number of carbonyl (C=O) groups excluding carboxylic acids is 1. The second-order valence-corrected chi connectivity index (χ2v) is 3.88. The molecule has 0 saturated carbocycles. The van der Waals surface area contributed by atoms with Crippen LogP contribution in [0.1, 0.15) is 27.7 Å². The summed E-state index contributed by atoms with van der Waals surface area (Å²) in [4.78, 5) is 13.5. The molecule has 0 aliphatic heterocycles. The molecule has 2 nitrogen and oxygen atoms in total. The summed E-state index contributed by atoms with van der Waals surface area (Å²) in [5, 5.41) is 0. The molecule has 12 heavy (non-hydrogen) atoms. The molecule has 0 rings (SSSR count). The van der Waals surface area contributed by atoms with Gasteiger partial charge in [-0.05, 0) is 6.92 Å². The Bertz CT molecular complexity index is 167. The quantitative estimate of drug-likeness (QED) is 0.592. The van der Waals surface area contributed by atoms with Crippen molar-refractivity contribution in [1.29, 1.82) is 0 Å². The highest BCUT2D eigenvalue weighted by Gasteiger charge is 2.25. The van der Waals surface area contributed by atoms with Crippen molar-refractivity contribution in [1.82, 2.24) is 4.90 Å². The minimum atomic E-state index is -0.279. The summed E-state index contributed by atoms with van der Waals surface area (Å²) in [5.74, 6) is 0.185. The van der Waals surface area contributed by atoms with Gasteiger partial charge in [0.1, 0.15) is 0 Å². The van der Waals surface area contributed by atoms with Gasteiger partial charge in [0.2, 0.25) is 5.91 Å². The highest BCUT2D eigenvalue weighted by Crippen LogP contribution is 2.16. The first-order valence-corrected chi connectivity index (χ1v) is 4.33. The van der Waals surface area contributed by atoms with Crippen LogP contribution in [0.5, 0.6) is 0 Å². The van der Waals surface area contributed by atoms with Gasteiger partial charge in [-0.3, -0.25) is 4.79 Å². The number of nitrogens with zero attached hydrogens (tertiary/aromatic N) is 1. The van der Waals surface area contributed by atoms with Gasteiger partial charge in [0.15, 0.2) is 0 Å². The summed E-state index contributed by atoms with van der Waals surface area (Å²) >= 11 is 0. The lowest BCUT2D eigenvalue weighted by atomic mass is 9.95. The zero-order valence-electron chi connectivity index (χ0n) is 8.55. The number of likely N-dealkylation sites (N-methyl/N-ethyl adjacent to an activating group) is 1. The van der Waals surface area contributed by atoms with E-state index in [9.17, 15) is 4.79 Å². The summed E-state index contributed by atoms with van der Waals surface area (Å²) in [6.45, 7) is 12.8. The van der Waals surface area contributed by atoms with Crippen molar-refractivity contribution in [2.45, 2.75) is 27.7 Å². The molecule has 0 aromatic carbocycles. The molecule has 0 aliphatic rings. The fourth-order valence-corrected chi connectivity index (χ4v) is 0.986. The first-order chi connectivity index (χ1) is 5.43. The van der Waals surface area contributed by atoms with Crippen LogP contribution in [0.15, 0.2) is 12.7 Å². The zero-order chi connectivity index (χ0) is 9.78. The van der Waals surface area contributed by atoms with Gasteiger partial charge in [-0.15, -0.1) is 6.58 Å². The summed E-state index contributed by atoms with van der Waals surface area (Å²) < 4.78 is 0. The van der Waals surface area contributed by atoms with E-state index in [2.05, 4.69) is 6.58 Å². The fraction of sp³-hybridized carbons (Fsp3) is 0.700. The fourth-order valence-electron chi connectivity index (χ4n) is 0.986. The van der Waals surface area contributed by atoms with Gasteiger partial charge in [-0.1, -0.05) is 26.8 Å². The third kappa shape index (κ3) is 3.07. The average molecular weight is 169 g/mol. The molecule has 0 N–H and O–H groups in total. The number of hydrogen-bond donors (Lipinski definition) is 0. The van der Waals surface area contributed by atoms with E-state index in [1.54, 1.807) is 11.0 Å². The highest BCUT2D eigenvalue weighted by atomic mass is 16.2. The monoisotopic (exact) mass is 169 g/mol. The molecule has 0 aliphatic carbocycles. The number of hydrogen-bond acceptors (Lipinski definition) is 1.